The zero-order valence-electron chi connectivity index (χ0n) is 9.77. The third kappa shape index (κ3) is 1.53. The van der Waals surface area contributed by atoms with E-state index in [2.05, 4.69) is 11.4 Å². The van der Waals surface area contributed by atoms with Crippen LogP contribution in [0.2, 0.25) is 0 Å². The van der Waals surface area contributed by atoms with Crippen LogP contribution in [-0.4, -0.2) is 17.2 Å². The molecular weight excluding hydrogens is 228 g/mol. The number of nitrogens with two attached hydrogens (primary N) is 1. The number of carbonyl (C=O) groups excluding carboxylic acids is 2. The average molecular weight is 241 g/mol. The number of aromatic nitrogens is 1. The number of H-pyrrole nitrogens is 1. The third-order valence-electron chi connectivity index (χ3n) is 3.54. The van der Waals surface area contributed by atoms with Crippen LogP contribution in [0.4, 0.5) is 0 Å². The maximum Gasteiger partial charge on any atom is 0.226 e. The molecule has 0 spiro atoms. The molecule has 0 aliphatic heterocycles. The van der Waals surface area contributed by atoms with Crippen LogP contribution in [0.15, 0.2) is 18.2 Å². The molecule has 1 aliphatic rings. The summed E-state index contributed by atoms with van der Waals surface area (Å²) in [6.45, 7) is 0. The lowest BCUT2D eigenvalue weighted by Crippen LogP contribution is -2.25. The van der Waals surface area contributed by atoms with Gasteiger partial charge in [-0.25, -0.2) is 0 Å². The van der Waals surface area contributed by atoms with Crippen molar-refractivity contribution in [3.63, 3.8) is 0 Å². The summed E-state index contributed by atoms with van der Waals surface area (Å²) in [5, 5.41) is 1.01. The van der Waals surface area contributed by atoms with Gasteiger partial charge in [0.15, 0.2) is 0 Å². The first-order valence-electron chi connectivity index (χ1n) is 5.91. The van der Waals surface area contributed by atoms with E-state index in [0.29, 0.717) is 12.0 Å². The van der Waals surface area contributed by atoms with Crippen molar-refractivity contribution in [1.82, 2.24) is 4.98 Å². The molecule has 1 aliphatic carbocycles. The highest BCUT2D eigenvalue weighted by Crippen LogP contribution is 2.35. The summed E-state index contributed by atoms with van der Waals surface area (Å²) in [6, 6.07) is 5.49. The van der Waals surface area contributed by atoms with Crippen molar-refractivity contribution in [3.05, 3.63) is 41.4 Å². The van der Waals surface area contributed by atoms with Crippen LogP contribution in [0, 0.1) is 6.42 Å². The van der Waals surface area contributed by atoms with Gasteiger partial charge >= 0.3 is 0 Å². The summed E-state index contributed by atoms with van der Waals surface area (Å²) < 4.78 is 0. The first kappa shape index (κ1) is 11.0. The van der Waals surface area contributed by atoms with E-state index in [9.17, 15) is 9.59 Å². The second kappa shape index (κ2) is 3.98. The van der Waals surface area contributed by atoms with Crippen molar-refractivity contribution in [2.75, 3.05) is 0 Å². The number of primary amides is 1. The Hall–Kier alpha value is -2.10. The lowest BCUT2D eigenvalue weighted by molar-refractivity contribution is -0.119. The molecule has 1 atom stereocenters. The van der Waals surface area contributed by atoms with E-state index in [1.54, 1.807) is 6.07 Å². The molecule has 1 unspecified atom stereocenters. The number of fused-ring (bicyclic) bond motifs is 3. The molecular formula is C14H13N2O2. The number of amides is 1. The maximum atomic E-state index is 11.4. The minimum Gasteiger partial charge on any atom is -0.369 e. The molecule has 0 bridgehead atoms. The Morgan fingerprint density at radius 3 is 3.00 bits per heavy atom. The topological polar surface area (TPSA) is 76.0 Å². The predicted octanol–water partition coefficient (Wildman–Crippen LogP) is 1.70. The van der Waals surface area contributed by atoms with Crippen molar-refractivity contribution in [2.45, 2.75) is 18.8 Å². The Balaban J connectivity index is 2.24. The third-order valence-corrected chi connectivity index (χ3v) is 3.54. The molecule has 1 radical (unpaired) electrons. The fraction of sp³-hybridized carbons (Fsp3) is 0.214. The van der Waals surface area contributed by atoms with Gasteiger partial charge in [-0.15, -0.1) is 0 Å². The number of hydrogen-bond donors (Lipinski definition) is 2. The molecule has 4 heteroatoms. The van der Waals surface area contributed by atoms with Crippen LogP contribution in [0.3, 0.4) is 0 Å². The van der Waals surface area contributed by atoms with Crippen LogP contribution >= 0.6 is 0 Å². The molecule has 3 rings (SSSR count). The van der Waals surface area contributed by atoms with Gasteiger partial charge in [0.2, 0.25) is 5.91 Å². The molecule has 1 amide bonds. The Labute approximate surface area is 104 Å². The fourth-order valence-electron chi connectivity index (χ4n) is 2.65. The minimum atomic E-state index is -0.311. The second-order valence-corrected chi connectivity index (χ2v) is 4.62. The van der Waals surface area contributed by atoms with Gasteiger partial charge in [-0.3, -0.25) is 9.59 Å². The molecule has 4 nitrogen and oxygen atoms in total. The monoisotopic (exact) mass is 241 g/mol. The van der Waals surface area contributed by atoms with E-state index in [4.69, 9.17) is 5.73 Å². The fourth-order valence-corrected chi connectivity index (χ4v) is 2.65. The van der Waals surface area contributed by atoms with E-state index in [1.807, 2.05) is 12.1 Å². The molecule has 18 heavy (non-hydrogen) atoms. The summed E-state index contributed by atoms with van der Waals surface area (Å²) in [7, 11) is 0. The SMILES string of the molecule is NC(=O)C1C[CH]Cc2c1[nH]c1ccc(C=O)cc21. The second-order valence-electron chi connectivity index (χ2n) is 4.62. The molecule has 1 aromatic carbocycles. The van der Waals surface area contributed by atoms with Crippen LogP contribution < -0.4 is 5.73 Å². The molecule has 0 fully saturated rings. The van der Waals surface area contributed by atoms with Gasteiger partial charge in [0.25, 0.3) is 0 Å². The van der Waals surface area contributed by atoms with Crippen LogP contribution in [0.25, 0.3) is 10.9 Å². The van der Waals surface area contributed by atoms with Crippen molar-refractivity contribution >= 4 is 23.1 Å². The van der Waals surface area contributed by atoms with Gasteiger partial charge in [-0.2, -0.15) is 0 Å². The lowest BCUT2D eigenvalue weighted by Gasteiger charge is -2.19. The molecule has 0 saturated carbocycles. The van der Waals surface area contributed by atoms with Gasteiger partial charge in [-0.05, 0) is 43.0 Å². The summed E-state index contributed by atoms with van der Waals surface area (Å²) in [5.74, 6) is -0.588. The zero-order chi connectivity index (χ0) is 12.7. The number of aldehydes is 1. The van der Waals surface area contributed by atoms with Gasteiger partial charge in [-0.1, -0.05) is 0 Å². The molecule has 1 aromatic heterocycles. The largest absolute Gasteiger partial charge is 0.369 e. The Bertz CT molecular complexity index is 643. The Morgan fingerprint density at radius 2 is 2.28 bits per heavy atom. The van der Waals surface area contributed by atoms with Crippen LogP contribution in [0.1, 0.15) is 34.0 Å². The summed E-state index contributed by atoms with van der Waals surface area (Å²) >= 11 is 0. The average Bonchev–Trinajstić information content (AvgIpc) is 2.75. The van der Waals surface area contributed by atoms with Gasteiger partial charge < -0.3 is 10.7 Å². The van der Waals surface area contributed by atoms with Crippen LogP contribution in [-0.2, 0) is 11.2 Å². The highest BCUT2D eigenvalue weighted by molar-refractivity contribution is 5.93. The standard InChI is InChI=1S/C14H13N2O2/c15-14(18)10-3-1-2-9-11-6-8(7-17)4-5-12(11)16-13(9)10/h1,4-7,10,16H,2-3H2,(H2,15,18). The molecule has 1 heterocycles. The quantitative estimate of drug-likeness (QED) is 0.785. The summed E-state index contributed by atoms with van der Waals surface area (Å²) in [4.78, 5) is 25.5. The molecule has 2 aromatic rings. The smallest absolute Gasteiger partial charge is 0.226 e. The molecule has 91 valence electrons. The number of benzene rings is 1. The summed E-state index contributed by atoms with van der Waals surface area (Å²) in [6.07, 6.45) is 4.38. The van der Waals surface area contributed by atoms with Crippen molar-refractivity contribution < 1.29 is 9.59 Å². The number of carbonyl (C=O) groups is 2. The first-order valence-corrected chi connectivity index (χ1v) is 5.91. The van der Waals surface area contributed by atoms with Gasteiger partial charge in [0.1, 0.15) is 6.29 Å². The highest BCUT2D eigenvalue weighted by atomic mass is 16.1. The van der Waals surface area contributed by atoms with E-state index < -0.39 is 0 Å². The Kier molecular flexibility index (Phi) is 2.44. The predicted molar refractivity (Wildman–Crippen MR) is 68.2 cm³/mol. The number of aromatic amines is 1. The number of nitrogens with one attached hydrogen (secondary N) is 1. The minimum absolute atomic E-state index is 0.277. The van der Waals surface area contributed by atoms with Crippen molar-refractivity contribution in [1.29, 1.82) is 0 Å². The van der Waals surface area contributed by atoms with Crippen molar-refractivity contribution in [2.24, 2.45) is 5.73 Å². The first-order chi connectivity index (χ1) is 8.70. The molecule has 3 N–H and O–H groups in total. The van der Waals surface area contributed by atoms with E-state index in [0.717, 1.165) is 34.9 Å². The number of rotatable bonds is 2. The van der Waals surface area contributed by atoms with E-state index >= 15 is 0 Å². The normalized spacial score (nSPS) is 18.6. The summed E-state index contributed by atoms with van der Waals surface area (Å²) in [5.41, 5.74) is 9.01. The maximum absolute atomic E-state index is 11.4. The van der Waals surface area contributed by atoms with E-state index in [-0.39, 0.29) is 11.8 Å². The Morgan fingerprint density at radius 1 is 1.44 bits per heavy atom. The van der Waals surface area contributed by atoms with Crippen LogP contribution in [0.5, 0.6) is 0 Å². The van der Waals surface area contributed by atoms with Crippen molar-refractivity contribution in [3.8, 4) is 0 Å². The molecule has 0 saturated heterocycles. The lowest BCUT2D eigenvalue weighted by atomic mass is 9.86. The van der Waals surface area contributed by atoms with E-state index in [1.165, 1.54) is 0 Å². The highest BCUT2D eigenvalue weighted by Gasteiger charge is 2.28. The zero-order valence-corrected chi connectivity index (χ0v) is 9.77. The van der Waals surface area contributed by atoms with Gasteiger partial charge in [0.05, 0.1) is 5.92 Å². The number of hydrogen-bond acceptors (Lipinski definition) is 2. The van der Waals surface area contributed by atoms with Gasteiger partial charge in [0, 0.05) is 22.2 Å².